The van der Waals surface area contributed by atoms with Crippen LogP contribution in [0.1, 0.15) is 64.2 Å². The van der Waals surface area contributed by atoms with Crippen molar-refractivity contribution in [3.63, 3.8) is 0 Å². The van der Waals surface area contributed by atoms with Crippen LogP contribution in [0.3, 0.4) is 0 Å². The normalized spacial score (nSPS) is 20.9. The van der Waals surface area contributed by atoms with Gasteiger partial charge in [-0.3, -0.25) is 0 Å². The van der Waals surface area contributed by atoms with Crippen LogP contribution < -0.4 is 0 Å². The summed E-state index contributed by atoms with van der Waals surface area (Å²) < 4.78 is 0. The van der Waals surface area contributed by atoms with Gasteiger partial charge in [0.25, 0.3) is 0 Å². The van der Waals surface area contributed by atoms with E-state index in [2.05, 4.69) is 0 Å². The Balaban J connectivity index is 0.000000296. The molecule has 0 amide bonds. The van der Waals surface area contributed by atoms with Crippen molar-refractivity contribution >= 4 is 39.4 Å². The van der Waals surface area contributed by atoms with Crippen molar-refractivity contribution < 1.29 is 10.2 Å². The van der Waals surface area contributed by atoms with E-state index in [9.17, 15) is 0 Å². The Bertz CT molecular complexity index is 204. The molecule has 0 atom stereocenters. The maximum atomic E-state index is 7.10. The van der Waals surface area contributed by atoms with Gasteiger partial charge in [0.1, 0.15) is 0 Å². The SMILES string of the molecule is [Cl][V]([Cl])([Cl])[Cl].[NH-]CC1CCCCC1.[NH-]CC1CCCCC1. The fourth-order valence-electron chi connectivity index (χ4n) is 2.78. The smallest absolute Gasteiger partial charge is 0.0521 e. The van der Waals surface area contributed by atoms with E-state index in [4.69, 9.17) is 50.9 Å². The minimum atomic E-state index is -2.99. The second-order valence-corrected chi connectivity index (χ2v) is 19.6. The molecule has 0 unspecified atom stereocenters. The van der Waals surface area contributed by atoms with Crippen LogP contribution in [0.2, 0.25) is 0 Å². The van der Waals surface area contributed by atoms with Crippen molar-refractivity contribution in [1.29, 1.82) is 0 Å². The van der Waals surface area contributed by atoms with Crippen molar-refractivity contribution in [2.24, 2.45) is 11.8 Å². The number of halogens is 4. The minimum Gasteiger partial charge on any atom is -0.677 e. The zero-order chi connectivity index (χ0) is 16.1. The Labute approximate surface area is 149 Å². The van der Waals surface area contributed by atoms with E-state index in [0.717, 1.165) is 11.8 Å². The zero-order valence-electron chi connectivity index (χ0n) is 12.6. The van der Waals surface area contributed by atoms with Gasteiger partial charge in [-0.2, -0.15) is 0 Å². The quantitative estimate of drug-likeness (QED) is 0.437. The molecule has 0 aromatic heterocycles. The standard InChI is InChI=1S/2C7H14N.4ClH.V/c2*8-6-7-4-2-1-3-5-7;;;;;/h2*7-8H,1-6H2;4*1H;/q2*-1;;;;;+4/p-4. The van der Waals surface area contributed by atoms with Gasteiger partial charge in [0.2, 0.25) is 0 Å². The molecule has 0 aromatic carbocycles. The molecule has 0 saturated heterocycles. The van der Waals surface area contributed by atoms with Crippen molar-refractivity contribution in [2.75, 3.05) is 13.1 Å². The molecule has 0 aromatic rings. The average Bonchev–Trinajstić information content (AvgIpc) is 2.48. The fourth-order valence-corrected chi connectivity index (χ4v) is 2.78. The average molecular weight is 417 g/mol. The van der Waals surface area contributed by atoms with Crippen molar-refractivity contribution in [3.8, 4) is 0 Å². The molecule has 0 aliphatic heterocycles. The maximum Gasteiger partial charge on any atom is -0.0521 e. The number of nitrogens with one attached hydrogen (secondary N) is 2. The van der Waals surface area contributed by atoms with Gasteiger partial charge in [-0.15, -0.1) is 13.1 Å². The van der Waals surface area contributed by atoms with Crippen LogP contribution in [0.25, 0.3) is 11.5 Å². The van der Waals surface area contributed by atoms with Crippen molar-refractivity contribution in [2.45, 2.75) is 64.2 Å². The zero-order valence-corrected chi connectivity index (χ0v) is 17.0. The summed E-state index contributed by atoms with van der Waals surface area (Å²) in [6.07, 6.45) is 13.6. The Morgan fingerprint density at radius 1 is 0.619 bits per heavy atom. The van der Waals surface area contributed by atoms with Crippen LogP contribution in [0.5, 0.6) is 0 Å². The molecule has 2 nitrogen and oxygen atoms in total. The van der Waals surface area contributed by atoms with Crippen LogP contribution in [0.15, 0.2) is 0 Å². The summed E-state index contributed by atoms with van der Waals surface area (Å²) in [7, 11) is 17.0. The number of rotatable bonds is 2. The summed E-state index contributed by atoms with van der Waals surface area (Å²) >= 11 is 0. The van der Waals surface area contributed by atoms with Gasteiger partial charge in [0.15, 0.2) is 0 Å². The molecule has 2 saturated carbocycles. The Kier molecular flexibility index (Phi) is 15.2. The van der Waals surface area contributed by atoms with E-state index >= 15 is 0 Å². The largest absolute Gasteiger partial charge is 0.677 e. The molecule has 0 bridgehead atoms. The van der Waals surface area contributed by atoms with E-state index in [1.807, 2.05) is 0 Å². The molecule has 2 rings (SSSR count). The number of hydrogen-bond acceptors (Lipinski definition) is 0. The summed E-state index contributed by atoms with van der Waals surface area (Å²) in [5, 5.41) is 0. The second kappa shape index (κ2) is 14.0. The molecular formula is C14H28Cl4N2V-2. The summed E-state index contributed by atoms with van der Waals surface area (Å²) in [6, 6.07) is 0. The van der Waals surface area contributed by atoms with E-state index in [1.54, 1.807) is 0 Å². The van der Waals surface area contributed by atoms with Crippen LogP contribution in [0, 0.1) is 11.8 Å². The molecular weight excluding hydrogens is 389 g/mol. The van der Waals surface area contributed by atoms with Gasteiger partial charge >= 0.3 is 49.6 Å². The van der Waals surface area contributed by atoms with Gasteiger partial charge in [-0.05, 0) is 0 Å². The Hall–Kier alpha value is 1.66. The van der Waals surface area contributed by atoms with Crippen LogP contribution in [-0.4, -0.2) is 13.1 Å². The van der Waals surface area contributed by atoms with Gasteiger partial charge in [0, 0.05) is 0 Å². The van der Waals surface area contributed by atoms with Gasteiger partial charge in [0.05, 0.1) is 0 Å². The molecule has 2 aliphatic carbocycles. The molecule has 21 heavy (non-hydrogen) atoms. The molecule has 0 radical (unpaired) electrons. The fraction of sp³-hybridized carbons (Fsp3) is 1.00. The van der Waals surface area contributed by atoms with Crippen molar-refractivity contribution in [3.05, 3.63) is 11.5 Å². The minimum absolute atomic E-state index is 0.667. The first-order chi connectivity index (χ1) is 9.86. The summed E-state index contributed by atoms with van der Waals surface area (Å²) in [6.45, 7) is 1.33. The van der Waals surface area contributed by atoms with Crippen LogP contribution >= 0.6 is 39.4 Å². The van der Waals surface area contributed by atoms with Gasteiger partial charge < -0.3 is 11.5 Å². The van der Waals surface area contributed by atoms with E-state index in [-0.39, 0.29) is 0 Å². The predicted octanol–water partition coefficient (Wildman–Crippen LogP) is 7.99. The third-order valence-corrected chi connectivity index (χ3v) is 4.03. The molecule has 2 aliphatic rings. The third-order valence-electron chi connectivity index (χ3n) is 4.03. The van der Waals surface area contributed by atoms with Crippen molar-refractivity contribution in [1.82, 2.24) is 0 Å². The van der Waals surface area contributed by atoms with Gasteiger partial charge in [-0.1, -0.05) is 76.0 Å². The first-order valence-corrected chi connectivity index (χ1v) is 15.5. The summed E-state index contributed by atoms with van der Waals surface area (Å²) in [5.41, 5.74) is 14.2. The topological polar surface area (TPSA) is 47.6 Å². The van der Waals surface area contributed by atoms with E-state index < -0.39 is 10.2 Å². The predicted molar refractivity (Wildman–Crippen MR) is 94.9 cm³/mol. The monoisotopic (exact) mass is 415 g/mol. The van der Waals surface area contributed by atoms with E-state index in [0.29, 0.717) is 13.1 Å². The van der Waals surface area contributed by atoms with Gasteiger partial charge in [-0.25, -0.2) is 0 Å². The maximum absolute atomic E-state index is 7.10. The molecule has 0 spiro atoms. The molecule has 2 N–H and O–H groups in total. The first kappa shape index (κ1) is 22.7. The Morgan fingerprint density at radius 3 is 1.00 bits per heavy atom. The van der Waals surface area contributed by atoms with E-state index in [1.165, 1.54) is 64.2 Å². The summed E-state index contributed by atoms with van der Waals surface area (Å²) in [5.74, 6) is 1.51. The molecule has 2 fully saturated rings. The first-order valence-electron chi connectivity index (χ1n) is 7.83. The molecule has 7 heteroatoms. The van der Waals surface area contributed by atoms with Crippen LogP contribution in [0.4, 0.5) is 0 Å². The second-order valence-electron chi connectivity index (χ2n) is 5.80. The Morgan fingerprint density at radius 2 is 0.857 bits per heavy atom. The molecule has 0 heterocycles. The third kappa shape index (κ3) is 17.8. The van der Waals surface area contributed by atoms with Crippen LogP contribution in [-0.2, 0) is 10.2 Å². The number of hydrogen-bond donors (Lipinski definition) is 0. The molecule has 129 valence electrons. The summed E-state index contributed by atoms with van der Waals surface area (Å²) in [4.78, 5) is 0.